The maximum Gasteiger partial charge on any atom is 0.163 e. The van der Waals surface area contributed by atoms with E-state index in [4.69, 9.17) is 11.6 Å². The lowest BCUT2D eigenvalue weighted by Gasteiger charge is -2.06. The Kier molecular flexibility index (Phi) is 3.60. The van der Waals surface area contributed by atoms with Crippen LogP contribution in [0.25, 0.3) is 11.4 Å². The molecule has 0 atom stereocenters. The minimum Gasteiger partial charge on any atom is -0.372 e. The van der Waals surface area contributed by atoms with Crippen molar-refractivity contribution in [1.82, 2.24) is 9.97 Å². The highest BCUT2D eigenvalue weighted by Gasteiger charge is 2.08. The van der Waals surface area contributed by atoms with Crippen molar-refractivity contribution in [1.29, 1.82) is 0 Å². The Labute approximate surface area is 112 Å². The summed E-state index contributed by atoms with van der Waals surface area (Å²) >= 11 is 8.28. The first-order chi connectivity index (χ1) is 7.72. The van der Waals surface area contributed by atoms with Gasteiger partial charge >= 0.3 is 0 Å². The van der Waals surface area contributed by atoms with E-state index in [2.05, 4.69) is 37.9 Å². The predicted molar refractivity (Wildman–Crippen MR) is 74.7 cm³/mol. The Hall–Kier alpha value is -0.880. The van der Waals surface area contributed by atoms with E-state index in [0.29, 0.717) is 10.8 Å². The third-order valence-corrected chi connectivity index (χ3v) is 3.21. The molecule has 0 unspecified atom stereocenters. The Balaban J connectivity index is 2.53. The Morgan fingerprint density at radius 3 is 2.75 bits per heavy atom. The summed E-state index contributed by atoms with van der Waals surface area (Å²) in [5, 5.41) is 3.68. The van der Waals surface area contributed by atoms with Crippen molar-refractivity contribution in [3.8, 4) is 11.4 Å². The summed E-state index contributed by atoms with van der Waals surface area (Å²) < 4.78 is 0.982. The number of hydrogen-bond acceptors (Lipinski definition) is 3. The van der Waals surface area contributed by atoms with Crippen molar-refractivity contribution < 1.29 is 0 Å². The number of halogens is 2. The van der Waals surface area contributed by atoms with Crippen LogP contribution < -0.4 is 5.32 Å². The standard InChI is InChI=1S/C11H9ClIN3/c1-14-11-9(13)6-15-10(16-11)7-4-2-3-5-8(7)12/h2-6H,1H3,(H,14,15,16). The number of rotatable bonds is 2. The van der Waals surface area contributed by atoms with Crippen LogP contribution in [-0.2, 0) is 0 Å². The minimum atomic E-state index is 0.635. The summed E-state index contributed by atoms with van der Waals surface area (Å²) in [4.78, 5) is 8.68. The van der Waals surface area contributed by atoms with Crippen molar-refractivity contribution in [3.05, 3.63) is 39.1 Å². The lowest BCUT2D eigenvalue weighted by atomic mass is 10.2. The van der Waals surface area contributed by atoms with Crippen LogP contribution in [0.4, 0.5) is 5.82 Å². The van der Waals surface area contributed by atoms with E-state index in [1.165, 1.54) is 0 Å². The van der Waals surface area contributed by atoms with Gasteiger partial charge in [0.25, 0.3) is 0 Å². The summed E-state index contributed by atoms with van der Waals surface area (Å²) in [6.45, 7) is 0. The minimum absolute atomic E-state index is 0.635. The molecular formula is C11H9ClIN3. The van der Waals surface area contributed by atoms with E-state index < -0.39 is 0 Å². The summed E-state index contributed by atoms with van der Waals surface area (Å²) in [5.74, 6) is 1.45. The molecule has 1 aromatic carbocycles. The van der Waals surface area contributed by atoms with E-state index in [1.54, 1.807) is 6.20 Å². The van der Waals surface area contributed by atoms with Crippen LogP contribution in [0.3, 0.4) is 0 Å². The Bertz CT molecular complexity index is 516. The van der Waals surface area contributed by atoms with Gasteiger partial charge in [-0.1, -0.05) is 23.7 Å². The molecule has 5 heteroatoms. The van der Waals surface area contributed by atoms with Gasteiger partial charge in [-0.25, -0.2) is 9.97 Å². The molecule has 2 rings (SSSR count). The normalized spacial score (nSPS) is 10.2. The van der Waals surface area contributed by atoms with Crippen molar-refractivity contribution in [2.24, 2.45) is 0 Å². The van der Waals surface area contributed by atoms with Gasteiger partial charge in [0.05, 0.1) is 8.59 Å². The summed E-state index contributed by atoms with van der Waals surface area (Å²) in [6.07, 6.45) is 1.78. The van der Waals surface area contributed by atoms with Crippen LogP contribution in [0.15, 0.2) is 30.5 Å². The van der Waals surface area contributed by atoms with Gasteiger partial charge < -0.3 is 5.32 Å². The number of anilines is 1. The molecule has 1 heterocycles. The van der Waals surface area contributed by atoms with Gasteiger partial charge in [0.2, 0.25) is 0 Å². The fourth-order valence-electron chi connectivity index (χ4n) is 1.31. The van der Waals surface area contributed by atoms with Gasteiger partial charge in [0, 0.05) is 18.8 Å². The molecule has 0 saturated heterocycles. The first-order valence-corrected chi connectivity index (χ1v) is 6.13. The summed E-state index contributed by atoms with van der Waals surface area (Å²) in [6, 6.07) is 7.54. The first-order valence-electron chi connectivity index (χ1n) is 4.67. The topological polar surface area (TPSA) is 37.8 Å². The van der Waals surface area contributed by atoms with Crippen molar-refractivity contribution in [2.45, 2.75) is 0 Å². The smallest absolute Gasteiger partial charge is 0.163 e. The highest BCUT2D eigenvalue weighted by atomic mass is 127. The Morgan fingerprint density at radius 2 is 2.06 bits per heavy atom. The lowest BCUT2D eigenvalue weighted by molar-refractivity contribution is 1.15. The predicted octanol–water partition coefficient (Wildman–Crippen LogP) is 3.44. The maximum atomic E-state index is 6.09. The second-order valence-corrected chi connectivity index (χ2v) is 4.69. The average Bonchev–Trinajstić information content (AvgIpc) is 2.31. The second kappa shape index (κ2) is 4.97. The molecule has 3 nitrogen and oxygen atoms in total. The lowest BCUT2D eigenvalue weighted by Crippen LogP contribution is -1.99. The maximum absolute atomic E-state index is 6.09. The highest BCUT2D eigenvalue weighted by Crippen LogP contribution is 2.26. The van der Waals surface area contributed by atoms with Gasteiger partial charge in [-0.3, -0.25) is 0 Å². The van der Waals surface area contributed by atoms with Gasteiger partial charge in [-0.15, -0.1) is 0 Å². The molecule has 16 heavy (non-hydrogen) atoms. The summed E-state index contributed by atoms with van der Waals surface area (Å²) in [5.41, 5.74) is 0.845. The molecule has 0 bridgehead atoms. The monoisotopic (exact) mass is 345 g/mol. The molecule has 0 radical (unpaired) electrons. The third-order valence-electron chi connectivity index (χ3n) is 2.10. The van der Waals surface area contributed by atoms with E-state index in [1.807, 2.05) is 31.3 Å². The molecular weight excluding hydrogens is 336 g/mol. The van der Waals surface area contributed by atoms with E-state index >= 15 is 0 Å². The van der Waals surface area contributed by atoms with Crippen molar-refractivity contribution in [2.75, 3.05) is 12.4 Å². The molecule has 1 N–H and O–H groups in total. The highest BCUT2D eigenvalue weighted by molar-refractivity contribution is 14.1. The molecule has 0 aliphatic heterocycles. The van der Waals surface area contributed by atoms with E-state index in [-0.39, 0.29) is 0 Å². The van der Waals surface area contributed by atoms with Crippen LogP contribution in [0.2, 0.25) is 5.02 Å². The largest absolute Gasteiger partial charge is 0.372 e. The number of benzene rings is 1. The number of hydrogen-bond donors (Lipinski definition) is 1. The fraction of sp³-hybridized carbons (Fsp3) is 0.0909. The molecule has 1 aromatic heterocycles. The number of aromatic nitrogens is 2. The fourth-order valence-corrected chi connectivity index (χ4v) is 2.06. The van der Waals surface area contributed by atoms with Gasteiger partial charge in [-0.05, 0) is 34.7 Å². The zero-order valence-corrected chi connectivity index (χ0v) is 11.5. The number of nitrogens with one attached hydrogen (secondary N) is 1. The molecule has 0 saturated carbocycles. The van der Waals surface area contributed by atoms with Crippen LogP contribution in [-0.4, -0.2) is 17.0 Å². The van der Waals surface area contributed by atoms with Gasteiger partial charge in [-0.2, -0.15) is 0 Å². The van der Waals surface area contributed by atoms with Gasteiger partial charge in [0.15, 0.2) is 5.82 Å². The zero-order valence-electron chi connectivity index (χ0n) is 8.54. The molecule has 0 aliphatic carbocycles. The van der Waals surface area contributed by atoms with Crippen molar-refractivity contribution >= 4 is 40.0 Å². The molecule has 82 valence electrons. The van der Waals surface area contributed by atoms with Gasteiger partial charge in [0.1, 0.15) is 5.82 Å². The van der Waals surface area contributed by atoms with Crippen LogP contribution >= 0.6 is 34.2 Å². The summed E-state index contributed by atoms with van der Waals surface area (Å²) in [7, 11) is 1.83. The molecule has 0 aliphatic rings. The van der Waals surface area contributed by atoms with Crippen molar-refractivity contribution in [3.63, 3.8) is 0 Å². The SMILES string of the molecule is CNc1nc(-c2ccccc2Cl)ncc1I. The van der Waals surface area contributed by atoms with Crippen LogP contribution in [0.5, 0.6) is 0 Å². The Morgan fingerprint density at radius 1 is 1.31 bits per heavy atom. The molecule has 0 spiro atoms. The quantitative estimate of drug-likeness (QED) is 0.847. The average molecular weight is 346 g/mol. The molecule has 2 aromatic rings. The first kappa shape index (κ1) is 11.6. The third kappa shape index (κ3) is 2.27. The second-order valence-electron chi connectivity index (χ2n) is 3.12. The van der Waals surface area contributed by atoms with Crippen LogP contribution in [0, 0.1) is 3.57 Å². The zero-order chi connectivity index (χ0) is 11.5. The molecule has 0 fully saturated rings. The molecule has 0 amide bonds. The van der Waals surface area contributed by atoms with Crippen LogP contribution in [0.1, 0.15) is 0 Å². The van der Waals surface area contributed by atoms with E-state index in [0.717, 1.165) is 15.0 Å². The number of nitrogens with zero attached hydrogens (tertiary/aromatic N) is 2. The van der Waals surface area contributed by atoms with E-state index in [9.17, 15) is 0 Å².